The Bertz CT molecular complexity index is 464. The van der Waals surface area contributed by atoms with Gasteiger partial charge in [0.25, 0.3) is 0 Å². The van der Waals surface area contributed by atoms with Crippen LogP contribution in [-0.4, -0.2) is 6.54 Å². The van der Waals surface area contributed by atoms with Crippen LogP contribution in [0.4, 0.5) is 21.5 Å². The summed E-state index contributed by atoms with van der Waals surface area (Å²) in [4.78, 5) is 0. The molecule has 19 heavy (non-hydrogen) atoms. The zero-order valence-corrected chi connectivity index (χ0v) is 11.9. The predicted octanol–water partition coefficient (Wildman–Crippen LogP) is 3.88. The van der Waals surface area contributed by atoms with E-state index in [2.05, 4.69) is 12.2 Å². The van der Waals surface area contributed by atoms with Gasteiger partial charge in [-0.05, 0) is 24.3 Å². The van der Waals surface area contributed by atoms with Gasteiger partial charge in [-0.25, -0.2) is 4.39 Å². The lowest BCUT2D eigenvalue weighted by atomic mass is 9.80. The summed E-state index contributed by atoms with van der Waals surface area (Å²) in [6, 6.07) is 1.50. The number of halogens is 2. The van der Waals surface area contributed by atoms with Crippen molar-refractivity contribution in [2.75, 3.05) is 23.3 Å². The van der Waals surface area contributed by atoms with E-state index in [1.165, 1.54) is 31.7 Å². The van der Waals surface area contributed by atoms with Crippen LogP contribution >= 0.6 is 11.6 Å². The zero-order valence-electron chi connectivity index (χ0n) is 11.2. The topological polar surface area (TPSA) is 64.1 Å². The molecule has 1 aromatic rings. The third-order valence-electron chi connectivity index (χ3n) is 4.10. The number of nitrogens with one attached hydrogen (secondary N) is 1. The SMILES string of the molecule is CC1CCCCC1CNc1c(N)cc(N)c(Cl)c1F. The molecule has 0 spiro atoms. The van der Waals surface area contributed by atoms with E-state index in [4.69, 9.17) is 23.1 Å². The Kier molecular flexibility index (Phi) is 4.40. The number of hydrogen-bond donors (Lipinski definition) is 3. The van der Waals surface area contributed by atoms with Crippen molar-refractivity contribution in [1.82, 2.24) is 0 Å². The normalized spacial score (nSPS) is 23.3. The molecule has 1 aliphatic rings. The number of hydrogen-bond acceptors (Lipinski definition) is 3. The van der Waals surface area contributed by atoms with E-state index >= 15 is 0 Å². The Labute approximate surface area is 118 Å². The van der Waals surface area contributed by atoms with Crippen LogP contribution in [0.5, 0.6) is 0 Å². The lowest BCUT2D eigenvalue weighted by molar-refractivity contribution is 0.268. The van der Waals surface area contributed by atoms with Gasteiger partial charge in [-0.1, -0.05) is 37.8 Å². The molecule has 1 saturated carbocycles. The van der Waals surface area contributed by atoms with E-state index in [0.717, 1.165) is 6.54 Å². The molecule has 3 nitrogen and oxygen atoms in total. The van der Waals surface area contributed by atoms with Gasteiger partial charge in [0.05, 0.1) is 17.1 Å². The molecule has 0 aromatic heterocycles. The minimum Gasteiger partial charge on any atom is -0.397 e. The van der Waals surface area contributed by atoms with E-state index in [-0.39, 0.29) is 16.4 Å². The molecule has 0 radical (unpaired) electrons. The van der Waals surface area contributed by atoms with Crippen molar-refractivity contribution in [3.8, 4) is 0 Å². The maximum atomic E-state index is 14.0. The van der Waals surface area contributed by atoms with E-state index < -0.39 is 5.82 Å². The molecule has 2 rings (SSSR count). The van der Waals surface area contributed by atoms with Crippen molar-refractivity contribution in [3.05, 3.63) is 16.9 Å². The highest BCUT2D eigenvalue weighted by Crippen LogP contribution is 2.35. The first-order valence-corrected chi connectivity index (χ1v) is 7.15. The molecule has 5 heteroatoms. The average molecular weight is 286 g/mol. The van der Waals surface area contributed by atoms with Gasteiger partial charge in [-0.2, -0.15) is 0 Å². The Morgan fingerprint density at radius 1 is 1.32 bits per heavy atom. The van der Waals surface area contributed by atoms with Crippen molar-refractivity contribution in [3.63, 3.8) is 0 Å². The summed E-state index contributed by atoms with van der Waals surface area (Å²) in [6.07, 6.45) is 4.96. The summed E-state index contributed by atoms with van der Waals surface area (Å²) in [7, 11) is 0. The van der Waals surface area contributed by atoms with Gasteiger partial charge in [-0.3, -0.25) is 0 Å². The van der Waals surface area contributed by atoms with E-state index in [0.29, 0.717) is 17.5 Å². The van der Waals surface area contributed by atoms with Crippen LogP contribution in [0, 0.1) is 17.7 Å². The van der Waals surface area contributed by atoms with Gasteiger partial charge in [0.2, 0.25) is 0 Å². The van der Waals surface area contributed by atoms with Gasteiger partial charge in [-0.15, -0.1) is 0 Å². The molecule has 2 atom stereocenters. The van der Waals surface area contributed by atoms with E-state index in [1.54, 1.807) is 0 Å². The maximum Gasteiger partial charge on any atom is 0.169 e. The van der Waals surface area contributed by atoms with Crippen LogP contribution in [0.3, 0.4) is 0 Å². The first kappa shape index (κ1) is 14.3. The smallest absolute Gasteiger partial charge is 0.169 e. The second kappa shape index (κ2) is 5.87. The van der Waals surface area contributed by atoms with Crippen LogP contribution in [0.15, 0.2) is 6.07 Å². The van der Waals surface area contributed by atoms with Crippen molar-refractivity contribution < 1.29 is 4.39 Å². The van der Waals surface area contributed by atoms with Gasteiger partial charge >= 0.3 is 0 Å². The number of anilines is 3. The third-order valence-corrected chi connectivity index (χ3v) is 4.48. The quantitative estimate of drug-likeness (QED) is 0.739. The Morgan fingerprint density at radius 3 is 2.68 bits per heavy atom. The molecule has 0 heterocycles. The standard InChI is InChI=1S/C14H21ClFN3/c1-8-4-2-3-5-9(8)7-19-14-11(18)6-10(17)12(15)13(14)16/h6,8-9,19H,2-5,7,17-18H2,1H3. The van der Waals surface area contributed by atoms with Gasteiger partial charge in [0, 0.05) is 6.54 Å². The summed E-state index contributed by atoms with van der Waals surface area (Å²) in [5, 5.41) is 3.05. The average Bonchev–Trinajstić information content (AvgIpc) is 2.38. The van der Waals surface area contributed by atoms with Crippen LogP contribution in [0.1, 0.15) is 32.6 Å². The van der Waals surface area contributed by atoms with E-state index in [1.807, 2.05) is 0 Å². The minimum absolute atomic E-state index is 0.0617. The summed E-state index contributed by atoms with van der Waals surface area (Å²) < 4.78 is 14.0. The fourth-order valence-electron chi connectivity index (χ4n) is 2.78. The molecule has 5 N–H and O–H groups in total. The highest BCUT2D eigenvalue weighted by Gasteiger charge is 2.22. The van der Waals surface area contributed by atoms with E-state index in [9.17, 15) is 4.39 Å². The molecule has 0 amide bonds. The monoisotopic (exact) mass is 285 g/mol. The lowest BCUT2D eigenvalue weighted by Gasteiger charge is -2.29. The summed E-state index contributed by atoms with van der Waals surface area (Å²) in [5.74, 6) is 0.668. The van der Waals surface area contributed by atoms with Crippen molar-refractivity contribution in [1.29, 1.82) is 0 Å². The molecule has 106 valence electrons. The number of nitrogen functional groups attached to an aromatic ring is 2. The van der Waals surface area contributed by atoms with Crippen LogP contribution in [0.2, 0.25) is 5.02 Å². The molecule has 0 aliphatic heterocycles. The maximum absolute atomic E-state index is 14.0. The first-order chi connectivity index (χ1) is 9.00. The molecule has 0 bridgehead atoms. The molecule has 1 aromatic carbocycles. The van der Waals surface area contributed by atoms with Crippen LogP contribution < -0.4 is 16.8 Å². The van der Waals surface area contributed by atoms with Crippen molar-refractivity contribution in [2.45, 2.75) is 32.6 Å². The van der Waals surface area contributed by atoms with Crippen molar-refractivity contribution >= 4 is 28.7 Å². The molecular formula is C14H21ClFN3. The van der Waals surface area contributed by atoms with Gasteiger partial charge in [0.15, 0.2) is 5.82 Å². The fraction of sp³-hybridized carbons (Fsp3) is 0.571. The number of rotatable bonds is 3. The second-order valence-corrected chi connectivity index (χ2v) is 5.84. The first-order valence-electron chi connectivity index (χ1n) is 6.77. The Hall–Kier alpha value is -1.16. The fourth-order valence-corrected chi connectivity index (χ4v) is 2.92. The van der Waals surface area contributed by atoms with Crippen LogP contribution in [0.25, 0.3) is 0 Å². The lowest BCUT2D eigenvalue weighted by Crippen LogP contribution is -2.25. The Morgan fingerprint density at radius 2 is 2.00 bits per heavy atom. The second-order valence-electron chi connectivity index (χ2n) is 5.46. The molecule has 2 unspecified atom stereocenters. The zero-order chi connectivity index (χ0) is 14.0. The molecule has 0 saturated heterocycles. The van der Waals surface area contributed by atoms with Crippen molar-refractivity contribution in [2.24, 2.45) is 11.8 Å². The summed E-state index contributed by atoms with van der Waals surface area (Å²) in [6.45, 7) is 2.98. The summed E-state index contributed by atoms with van der Waals surface area (Å²) >= 11 is 5.81. The largest absolute Gasteiger partial charge is 0.397 e. The highest BCUT2D eigenvalue weighted by atomic mass is 35.5. The van der Waals surface area contributed by atoms with Gasteiger partial charge in [0.1, 0.15) is 5.02 Å². The highest BCUT2D eigenvalue weighted by molar-refractivity contribution is 6.33. The molecule has 1 fully saturated rings. The minimum atomic E-state index is -0.553. The number of benzene rings is 1. The van der Waals surface area contributed by atoms with Crippen LogP contribution in [-0.2, 0) is 0 Å². The number of nitrogens with two attached hydrogens (primary N) is 2. The molecular weight excluding hydrogens is 265 g/mol. The third kappa shape index (κ3) is 3.06. The molecule has 1 aliphatic carbocycles. The Balaban J connectivity index is 2.09. The van der Waals surface area contributed by atoms with Gasteiger partial charge < -0.3 is 16.8 Å². The summed E-state index contributed by atoms with van der Waals surface area (Å²) in [5.41, 5.74) is 12.1. The predicted molar refractivity (Wildman–Crippen MR) is 79.8 cm³/mol.